The molecule has 5 heteroatoms. The van der Waals surface area contributed by atoms with E-state index in [2.05, 4.69) is 24.0 Å². The Hall–Kier alpha value is -2.37. The highest BCUT2D eigenvalue weighted by molar-refractivity contribution is 5.87. The molecule has 0 aliphatic carbocycles. The highest BCUT2D eigenvalue weighted by Crippen LogP contribution is 2.24. The molecule has 1 aliphatic rings. The molecule has 2 aromatic carbocycles. The first kappa shape index (κ1) is 17.5. The number of nitrogens with zero attached hydrogens (tertiary/aromatic N) is 1. The molecule has 1 aliphatic heterocycles. The van der Waals surface area contributed by atoms with Crippen molar-refractivity contribution in [2.75, 3.05) is 26.2 Å². The second-order valence-corrected chi connectivity index (χ2v) is 6.29. The van der Waals surface area contributed by atoms with Crippen LogP contribution in [0.2, 0.25) is 0 Å². The molecule has 0 aromatic heterocycles. The first-order valence-electron chi connectivity index (χ1n) is 8.51. The van der Waals surface area contributed by atoms with Gasteiger partial charge in [-0.2, -0.15) is 0 Å². The highest BCUT2D eigenvalue weighted by Gasteiger charge is 2.26. The van der Waals surface area contributed by atoms with Crippen molar-refractivity contribution in [2.45, 2.75) is 19.1 Å². The molecule has 5 nitrogen and oxygen atoms in total. The summed E-state index contributed by atoms with van der Waals surface area (Å²) in [5, 5.41) is 9.03. The number of aromatic carboxylic acids is 1. The first-order chi connectivity index (χ1) is 12.1. The first-order valence-corrected chi connectivity index (χ1v) is 8.51. The van der Waals surface area contributed by atoms with Gasteiger partial charge in [-0.15, -0.1) is 0 Å². The molecule has 0 radical (unpaired) electrons. The van der Waals surface area contributed by atoms with Crippen molar-refractivity contribution in [3.05, 3.63) is 65.7 Å². The lowest BCUT2D eigenvalue weighted by molar-refractivity contribution is -0.0807. The average molecular weight is 341 g/mol. The number of rotatable bonds is 6. The van der Waals surface area contributed by atoms with Gasteiger partial charge in [0.2, 0.25) is 0 Å². The molecule has 1 saturated heterocycles. The van der Waals surface area contributed by atoms with Crippen LogP contribution in [0.15, 0.2) is 54.6 Å². The molecule has 1 heterocycles. The fourth-order valence-electron chi connectivity index (χ4n) is 3.08. The topological polar surface area (TPSA) is 59.0 Å². The van der Waals surface area contributed by atoms with Crippen LogP contribution in [0.25, 0.3) is 0 Å². The maximum absolute atomic E-state index is 11.0. The van der Waals surface area contributed by atoms with Gasteiger partial charge >= 0.3 is 5.97 Å². The quantitative estimate of drug-likeness (QED) is 0.874. The Morgan fingerprint density at radius 3 is 2.76 bits per heavy atom. The zero-order valence-corrected chi connectivity index (χ0v) is 14.3. The second-order valence-electron chi connectivity index (χ2n) is 6.29. The van der Waals surface area contributed by atoms with Crippen LogP contribution in [0.5, 0.6) is 5.75 Å². The number of morpholine rings is 1. The van der Waals surface area contributed by atoms with Crippen LogP contribution in [-0.2, 0) is 4.74 Å². The summed E-state index contributed by atoms with van der Waals surface area (Å²) in [7, 11) is 0. The predicted octanol–water partition coefficient (Wildman–Crippen LogP) is 3.23. The number of hydrogen-bond acceptors (Lipinski definition) is 4. The van der Waals surface area contributed by atoms with Gasteiger partial charge in [0.1, 0.15) is 12.4 Å². The number of carboxylic acids is 1. The van der Waals surface area contributed by atoms with E-state index in [0.717, 1.165) is 19.6 Å². The number of carboxylic acid groups (broad SMARTS) is 1. The van der Waals surface area contributed by atoms with Gasteiger partial charge in [0.25, 0.3) is 0 Å². The Kier molecular flexibility index (Phi) is 5.68. The van der Waals surface area contributed by atoms with Crippen molar-refractivity contribution < 1.29 is 19.4 Å². The molecule has 1 fully saturated rings. The Morgan fingerprint density at radius 2 is 2.00 bits per heavy atom. The maximum Gasteiger partial charge on any atom is 0.335 e. The minimum Gasteiger partial charge on any atom is -0.492 e. The van der Waals surface area contributed by atoms with Crippen LogP contribution in [0.4, 0.5) is 0 Å². The Balaban J connectivity index is 1.54. The van der Waals surface area contributed by atoms with E-state index in [1.54, 1.807) is 24.3 Å². The van der Waals surface area contributed by atoms with Crippen molar-refractivity contribution in [1.82, 2.24) is 4.90 Å². The Morgan fingerprint density at radius 1 is 1.20 bits per heavy atom. The summed E-state index contributed by atoms with van der Waals surface area (Å²) in [5.74, 6) is -0.362. The molecule has 132 valence electrons. The minimum absolute atomic E-state index is 0.0697. The molecule has 2 aromatic rings. The van der Waals surface area contributed by atoms with E-state index in [9.17, 15) is 4.79 Å². The molecule has 2 atom stereocenters. The molecule has 25 heavy (non-hydrogen) atoms. The molecule has 0 amide bonds. The summed E-state index contributed by atoms with van der Waals surface area (Å²) in [5.41, 5.74) is 1.43. The summed E-state index contributed by atoms with van der Waals surface area (Å²) < 4.78 is 11.8. The Labute approximate surface area is 147 Å². The molecule has 0 saturated carbocycles. The second kappa shape index (κ2) is 8.14. The van der Waals surface area contributed by atoms with E-state index in [-0.39, 0.29) is 17.8 Å². The smallest absolute Gasteiger partial charge is 0.335 e. The fraction of sp³-hybridized carbons (Fsp3) is 0.350. The van der Waals surface area contributed by atoms with Crippen LogP contribution < -0.4 is 4.74 Å². The lowest BCUT2D eigenvalue weighted by Gasteiger charge is -2.37. The van der Waals surface area contributed by atoms with Crippen molar-refractivity contribution in [3.8, 4) is 5.75 Å². The largest absolute Gasteiger partial charge is 0.492 e. The summed E-state index contributed by atoms with van der Waals surface area (Å²) in [6, 6.07) is 16.8. The zero-order chi connectivity index (χ0) is 17.6. The molecule has 2 unspecified atom stereocenters. The van der Waals surface area contributed by atoms with E-state index < -0.39 is 5.97 Å². The van der Waals surface area contributed by atoms with Crippen molar-refractivity contribution in [3.63, 3.8) is 0 Å². The van der Waals surface area contributed by atoms with E-state index in [1.807, 2.05) is 18.2 Å². The average Bonchev–Trinajstić information content (AvgIpc) is 2.62. The highest BCUT2D eigenvalue weighted by atomic mass is 16.5. The molecule has 0 spiro atoms. The van der Waals surface area contributed by atoms with E-state index >= 15 is 0 Å². The molecular formula is C20H23NO4. The number of carbonyl (C=O) groups is 1. The minimum atomic E-state index is -0.946. The third kappa shape index (κ3) is 4.81. The number of hydrogen-bond donors (Lipinski definition) is 1. The normalized spacial score (nSPS) is 21.0. The lowest BCUT2D eigenvalue weighted by Crippen LogP contribution is -2.44. The summed E-state index contributed by atoms with van der Waals surface area (Å²) in [6.07, 6.45) is 0.231. The van der Waals surface area contributed by atoms with Crippen molar-refractivity contribution in [1.29, 1.82) is 0 Å². The van der Waals surface area contributed by atoms with Gasteiger partial charge in [-0.05, 0) is 30.7 Å². The van der Waals surface area contributed by atoms with E-state index in [0.29, 0.717) is 12.4 Å². The van der Waals surface area contributed by atoms with Gasteiger partial charge in [-0.3, -0.25) is 4.90 Å². The summed E-state index contributed by atoms with van der Waals surface area (Å²) in [4.78, 5) is 13.3. The van der Waals surface area contributed by atoms with E-state index in [1.165, 1.54) is 5.56 Å². The van der Waals surface area contributed by atoms with Crippen molar-refractivity contribution in [2.24, 2.45) is 0 Å². The Bertz CT molecular complexity index is 704. The zero-order valence-electron chi connectivity index (χ0n) is 14.3. The molecular weight excluding hydrogens is 318 g/mol. The van der Waals surface area contributed by atoms with Gasteiger partial charge in [-0.25, -0.2) is 4.79 Å². The van der Waals surface area contributed by atoms with Crippen molar-refractivity contribution >= 4 is 5.97 Å². The summed E-state index contributed by atoms with van der Waals surface area (Å²) in [6.45, 7) is 5.06. The van der Waals surface area contributed by atoms with Crippen LogP contribution in [-0.4, -0.2) is 48.3 Å². The van der Waals surface area contributed by atoms with Crippen LogP contribution in [0, 0.1) is 0 Å². The molecule has 0 bridgehead atoms. The van der Waals surface area contributed by atoms with E-state index in [4.69, 9.17) is 14.6 Å². The standard InChI is InChI=1S/C20H23NO4/c1-15-13-21(14-19(25-15)16-6-3-2-4-7-16)10-11-24-18-9-5-8-17(12-18)20(22)23/h2-9,12,15,19H,10-11,13-14H2,1H3,(H,22,23). The van der Waals surface area contributed by atoms with Crippen LogP contribution >= 0.6 is 0 Å². The van der Waals surface area contributed by atoms with Gasteiger partial charge in [0, 0.05) is 19.6 Å². The third-order valence-electron chi connectivity index (χ3n) is 4.26. The monoisotopic (exact) mass is 341 g/mol. The van der Waals surface area contributed by atoms with Crippen LogP contribution in [0.1, 0.15) is 28.9 Å². The summed E-state index contributed by atoms with van der Waals surface area (Å²) >= 11 is 0. The van der Waals surface area contributed by atoms with Crippen LogP contribution in [0.3, 0.4) is 0 Å². The van der Waals surface area contributed by atoms with Gasteiger partial charge in [0.05, 0.1) is 17.8 Å². The maximum atomic E-state index is 11.0. The van der Waals surface area contributed by atoms with Gasteiger partial charge in [-0.1, -0.05) is 36.4 Å². The van der Waals surface area contributed by atoms with Gasteiger partial charge in [0.15, 0.2) is 0 Å². The number of ether oxygens (including phenoxy) is 2. The molecule has 1 N–H and O–H groups in total. The number of benzene rings is 2. The fourth-order valence-corrected chi connectivity index (χ4v) is 3.08. The predicted molar refractivity (Wildman–Crippen MR) is 95.1 cm³/mol. The third-order valence-corrected chi connectivity index (χ3v) is 4.26. The van der Waals surface area contributed by atoms with Gasteiger partial charge < -0.3 is 14.6 Å². The SMILES string of the molecule is CC1CN(CCOc2cccc(C(=O)O)c2)CC(c2ccccc2)O1. The molecule has 3 rings (SSSR count). The lowest BCUT2D eigenvalue weighted by atomic mass is 10.1.